The average Bonchev–Trinajstić information content (AvgIpc) is 2.63. The number of nitrogens with zero attached hydrogens (tertiary/aromatic N) is 1. The third-order valence-corrected chi connectivity index (χ3v) is 1.96. The summed E-state index contributed by atoms with van der Waals surface area (Å²) in [6.07, 6.45) is 1.84. The van der Waals surface area contributed by atoms with Crippen molar-refractivity contribution in [3.63, 3.8) is 0 Å². The number of hydrogen-bond donors (Lipinski definition) is 1. The minimum atomic E-state index is -0.703. The third kappa shape index (κ3) is 3.77. The summed E-state index contributed by atoms with van der Waals surface area (Å²) in [6, 6.07) is 5.49. The molecule has 1 N–H and O–H groups in total. The van der Waals surface area contributed by atoms with Gasteiger partial charge < -0.3 is 9.73 Å². The maximum Gasteiger partial charge on any atom is 0.238 e. The van der Waals surface area contributed by atoms with E-state index in [1.54, 1.807) is 12.1 Å². The topological polar surface area (TPSA) is 66.0 Å². The Balaban J connectivity index is 2.62. The lowest BCUT2D eigenvalue weighted by atomic mass is 10.0. The molecule has 0 aromatic carbocycles. The van der Waals surface area contributed by atoms with Gasteiger partial charge >= 0.3 is 0 Å². The lowest BCUT2D eigenvalue weighted by molar-refractivity contribution is -0.124. The highest BCUT2D eigenvalue weighted by molar-refractivity contribution is 5.81. The van der Waals surface area contributed by atoms with Crippen LogP contribution in [0.2, 0.25) is 0 Å². The number of nitriles is 1. The maximum atomic E-state index is 11.7. The molecule has 0 fully saturated rings. The molecule has 1 aromatic rings. The van der Waals surface area contributed by atoms with Crippen molar-refractivity contribution in [2.24, 2.45) is 5.92 Å². The van der Waals surface area contributed by atoms with Crippen molar-refractivity contribution in [3.8, 4) is 6.07 Å². The summed E-state index contributed by atoms with van der Waals surface area (Å²) in [5, 5.41) is 11.7. The molecule has 1 rings (SSSR count). The highest BCUT2D eigenvalue weighted by atomic mass is 16.3. The van der Waals surface area contributed by atoms with Crippen LogP contribution in [0.4, 0.5) is 0 Å². The Labute approximate surface area is 95.2 Å². The fourth-order valence-electron chi connectivity index (χ4n) is 1.28. The van der Waals surface area contributed by atoms with Crippen molar-refractivity contribution in [2.45, 2.75) is 32.7 Å². The van der Waals surface area contributed by atoms with Crippen molar-refractivity contribution in [2.75, 3.05) is 0 Å². The zero-order chi connectivity index (χ0) is 12.2. The molecule has 0 saturated carbocycles. The molecule has 1 atom stereocenters. The molecule has 0 aliphatic carbocycles. The predicted octanol–water partition coefficient (Wildman–Crippen LogP) is 1.88. The predicted molar refractivity (Wildman–Crippen MR) is 59.4 cm³/mol. The zero-order valence-electron chi connectivity index (χ0n) is 9.78. The van der Waals surface area contributed by atoms with E-state index in [2.05, 4.69) is 5.32 Å². The van der Waals surface area contributed by atoms with Crippen LogP contribution in [0.15, 0.2) is 22.8 Å². The molecule has 0 bridgehead atoms. The molecule has 0 saturated heterocycles. The Kier molecular flexibility index (Phi) is 3.73. The van der Waals surface area contributed by atoms with E-state index in [1.807, 2.05) is 26.8 Å². The summed E-state index contributed by atoms with van der Waals surface area (Å²) in [4.78, 5) is 11.7. The van der Waals surface area contributed by atoms with Crippen LogP contribution in [0.3, 0.4) is 0 Å². The SMILES string of the molecule is CC(C)(C)NC(=O)C(C#N)Cc1ccco1. The van der Waals surface area contributed by atoms with Gasteiger partial charge in [-0.2, -0.15) is 5.26 Å². The molecular weight excluding hydrogens is 204 g/mol. The van der Waals surface area contributed by atoms with Crippen LogP contribution in [0.25, 0.3) is 0 Å². The molecule has 0 aliphatic rings. The normalized spacial score (nSPS) is 12.9. The fraction of sp³-hybridized carbons (Fsp3) is 0.500. The van der Waals surface area contributed by atoms with E-state index in [9.17, 15) is 4.79 Å². The van der Waals surface area contributed by atoms with Gasteiger partial charge in [-0.15, -0.1) is 0 Å². The monoisotopic (exact) mass is 220 g/mol. The molecule has 1 unspecified atom stereocenters. The fourth-order valence-corrected chi connectivity index (χ4v) is 1.28. The molecular formula is C12H16N2O2. The van der Waals surface area contributed by atoms with Crippen molar-refractivity contribution in [1.29, 1.82) is 5.26 Å². The van der Waals surface area contributed by atoms with Gasteiger partial charge in [0.2, 0.25) is 5.91 Å². The molecule has 1 amide bonds. The quantitative estimate of drug-likeness (QED) is 0.845. The number of nitrogens with one attached hydrogen (secondary N) is 1. The van der Waals surface area contributed by atoms with Gasteiger partial charge in [-0.25, -0.2) is 0 Å². The number of amides is 1. The number of carbonyl (C=O) groups is 1. The number of furan rings is 1. The van der Waals surface area contributed by atoms with Crippen molar-refractivity contribution in [1.82, 2.24) is 5.32 Å². The van der Waals surface area contributed by atoms with Gasteiger partial charge in [0.15, 0.2) is 0 Å². The summed E-state index contributed by atoms with van der Waals surface area (Å²) in [6.45, 7) is 5.64. The molecule has 1 aromatic heterocycles. The second-order valence-electron chi connectivity index (χ2n) is 4.70. The average molecular weight is 220 g/mol. The van der Waals surface area contributed by atoms with Crippen LogP contribution in [-0.2, 0) is 11.2 Å². The minimum Gasteiger partial charge on any atom is -0.469 e. The summed E-state index contributed by atoms with van der Waals surface area (Å²) in [7, 11) is 0. The molecule has 16 heavy (non-hydrogen) atoms. The zero-order valence-corrected chi connectivity index (χ0v) is 9.78. The van der Waals surface area contributed by atoms with Crippen molar-refractivity contribution < 1.29 is 9.21 Å². The van der Waals surface area contributed by atoms with Crippen molar-refractivity contribution >= 4 is 5.91 Å². The molecule has 1 heterocycles. The Morgan fingerprint density at radius 2 is 2.31 bits per heavy atom. The van der Waals surface area contributed by atoms with E-state index >= 15 is 0 Å². The molecule has 0 aliphatic heterocycles. The molecule has 86 valence electrons. The standard InChI is InChI=1S/C12H16N2O2/c1-12(2,3)14-11(15)9(8-13)7-10-5-4-6-16-10/h4-6,9H,7H2,1-3H3,(H,14,15). The number of carbonyl (C=O) groups excluding carboxylic acids is 1. The Bertz CT molecular complexity index is 382. The first-order chi connectivity index (χ1) is 7.42. The first kappa shape index (κ1) is 12.3. The summed E-state index contributed by atoms with van der Waals surface area (Å²) in [5.41, 5.74) is -0.324. The lowest BCUT2D eigenvalue weighted by Crippen LogP contribution is -2.44. The van der Waals surface area contributed by atoms with Gasteiger partial charge in [0, 0.05) is 12.0 Å². The van der Waals surface area contributed by atoms with E-state index in [-0.39, 0.29) is 11.4 Å². The minimum absolute atomic E-state index is 0.258. The third-order valence-electron chi connectivity index (χ3n) is 1.96. The van der Waals surface area contributed by atoms with Gasteiger partial charge in [0.05, 0.1) is 12.3 Å². The summed E-state index contributed by atoms with van der Waals surface area (Å²) in [5.74, 6) is -0.313. The number of rotatable bonds is 3. The molecule has 4 nitrogen and oxygen atoms in total. The number of hydrogen-bond acceptors (Lipinski definition) is 3. The van der Waals surface area contributed by atoms with Gasteiger partial charge in [0.1, 0.15) is 11.7 Å². The second kappa shape index (κ2) is 4.84. The van der Waals surface area contributed by atoms with Gasteiger partial charge in [-0.3, -0.25) is 4.79 Å². The van der Waals surface area contributed by atoms with E-state index in [0.29, 0.717) is 12.2 Å². The molecule has 0 radical (unpaired) electrons. The van der Waals surface area contributed by atoms with E-state index in [0.717, 1.165) is 0 Å². The van der Waals surface area contributed by atoms with E-state index in [1.165, 1.54) is 6.26 Å². The van der Waals surface area contributed by atoms with Crippen LogP contribution in [-0.4, -0.2) is 11.4 Å². The first-order valence-corrected chi connectivity index (χ1v) is 5.16. The lowest BCUT2D eigenvalue weighted by Gasteiger charge is -2.22. The van der Waals surface area contributed by atoms with Gasteiger partial charge in [0.25, 0.3) is 0 Å². The smallest absolute Gasteiger partial charge is 0.238 e. The summed E-state index contributed by atoms with van der Waals surface area (Å²) < 4.78 is 5.11. The van der Waals surface area contributed by atoms with Crippen LogP contribution < -0.4 is 5.32 Å². The molecule has 0 spiro atoms. The van der Waals surface area contributed by atoms with Gasteiger partial charge in [-0.05, 0) is 32.9 Å². The van der Waals surface area contributed by atoms with Gasteiger partial charge in [-0.1, -0.05) is 0 Å². The largest absolute Gasteiger partial charge is 0.469 e. The highest BCUT2D eigenvalue weighted by Gasteiger charge is 2.23. The van der Waals surface area contributed by atoms with Crippen LogP contribution >= 0.6 is 0 Å². The Hall–Kier alpha value is -1.76. The van der Waals surface area contributed by atoms with Crippen LogP contribution in [0, 0.1) is 17.2 Å². The maximum absolute atomic E-state index is 11.7. The van der Waals surface area contributed by atoms with E-state index in [4.69, 9.17) is 9.68 Å². The Morgan fingerprint density at radius 1 is 1.62 bits per heavy atom. The highest BCUT2D eigenvalue weighted by Crippen LogP contribution is 2.10. The summed E-state index contributed by atoms with van der Waals surface area (Å²) >= 11 is 0. The van der Waals surface area contributed by atoms with E-state index < -0.39 is 5.92 Å². The first-order valence-electron chi connectivity index (χ1n) is 5.16. The van der Waals surface area contributed by atoms with Crippen LogP contribution in [0.1, 0.15) is 26.5 Å². The second-order valence-corrected chi connectivity index (χ2v) is 4.70. The van der Waals surface area contributed by atoms with Crippen LogP contribution in [0.5, 0.6) is 0 Å². The Morgan fingerprint density at radius 3 is 2.75 bits per heavy atom. The molecule has 4 heteroatoms. The van der Waals surface area contributed by atoms with Crippen molar-refractivity contribution in [3.05, 3.63) is 24.2 Å².